The highest BCUT2D eigenvalue weighted by Crippen LogP contribution is 2.34. The molecule has 0 saturated carbocycles. The summed E-state index contributed by atoms with van der Waals surface area (Å²) in [5.41, 5.74) is 0.0532. The Bertz CT molecular complexity index is 874. The van der Waals surface area contributed by atoms with Crippen molar-refractivity contribution in [3.63, 3.8) is 0 Å². The fourth-order valence-corrected chi connectivity index (χ4v) is 2.95. The Hall–Kier alpha value is -2.58. The summed E-state index contributed by atoms with van der Waals surface area (Å²) >= 11 is 0. The Labute approximate surface area is 153 Å². The maximum Gasteiger partial charge on any atom is 0.381 e. The molecule has 2 aromatic rings. The molecule has 0 bridgehead atoms. The Kier molecular flexibility index (Phi) is 4.88. The molecule has 27 heavy (non-hydrogen) atoms. The molecule has 1 aliphatic heterocycles. The van der Waals surface area contributed by atoms with E-state index in [1.54, 1.807) is 36.4 Å². The molecule has 0 aliphatic carbocycles. The molecule has 2 aromatic carbocycles. The number of aliphatic carboxylic acids is 1. The fourth-order valence-electron chi connectivity index (χ4n) is 2.95. The van der Waals surface area contributed by atoms with E-state index in [0.29, 0.717) is 5.39 Å². The van der Waals surface area contributed by atoms with Crippen LogP contribution in [0, 0.1) is 0 Å². The third-order valence-corrected chi connectivity index (χ3v) is 4.25. The molecule has 1 N–H and O–H groups in total. The number of halogens is 2. The van der Waals surface area contributed by atoms with Gasteiger partial charge in [-0.05, 0) is 30.7 Å². The SMILES string of the molecule is CC1(C)OC[C@H]([C@@H](OC(=O)c2cccc3ccccc23)C(F)(F)C(=O)O)O1. The van der Waals surface area contributed by atoms with Crippen LogP contribution in [0.1, 0.15) is 24.2 Å². The minimum atomic E-state index is -4.35. The molecule has 6 nitrogen and oxygen atoms in total. The fraction of sp³-hybridized carbons (Fsp3) is 0.368. The first-order chi connectivity index (χ1) is 12.6. The second kappa shape index (κ2) is 6.86. The minimum absolute atomic E-state index is 0.0532. The van der Waals surface area contributed by atoms with Gasteiger partial charge in [-0.15, -0.1) is 0 Å². The van der Waals surface area contributed by atoms with Crippen molar-refractivity contribution in [1.29, 1.82) is 0 Å². The topological polar surface area (TPSA) is 82.1 Å². The minimum Gasteiger partial charge on any atom is -0.477 e. The van der Waals surface area contributed by atoms with Crippen molar-refractivity contribution in [3.05, 3.63) is 48.0 Å². The van der Waals surface area contributed by atoms with Crippen molar-refractivity contribution in [2.75, 3.05) is 6.61 Å². The van der Waals surface area contributed by atoms with Crippen LogP contribution in [-0.4, -0.2) is 47.6 Å². The number of carboxylic acids is 1. The number of carbonyl (C=O) groups is 2. The third-order valence-electron chi connectivity index (χ3n) is 4.25. The van der Waals surface area contributed by atoms with E-state index in [1.165, 1.54) is 19.9 Å². The van der Waals surface area contributed by atoms with Crippen molar-refractivity contribution in [1.82, 2.24) is 0 Å². The zero-order chi connectivity index (χ0) is 19.8. The van der Waals surface area contributed by atoms with Crippen LogP contribution in [-0.2, 0) is 19.0 Å². The van der Waals surface area contributed by atoms with E-state index in [9.17, 15) is 18.4 Å². The summed E-state index contributed by atoms with van der Waals surface area (Å²) in [6.07, 6.45) is -3.77. The quantitative estimate of drug-likeness (QED) is 0.802. The van der Waals surface area contributed by atoms with Crippen molar-refractivity contribution >= 4 is 22.7 Å². The van der Waals surface area contributed by atoms with Crippen molar-refractivity contribution in [2.45, 2.75) is 37.8 Å². The number of carboxylic acid groups (broad SMARTS) is 1. The highest BCUT2D eigenvalue weighted by atomic mass is 19.3. The number of carbonyl (C=O) groups excluding carboxylic acids is 1. The van der Waals surface area contributed by atoms with E-state index >= 15 is 0 Å². The predicted octanol–water partition coefficient (Wildman–Crippen LogP) is 3.24. The first kappa shape index (κ1) is 19.2. The van der Waals surface area contributed by atoms with Crippen LogP contribution in [0.15, 0.2) is 42.5 Å². The summed E-state index contributed by atoms with van der Waals surface area (Å²) in [5, 5.41) is 10.1. The molecule has 1 saturated heterocycles. The third kappa shape index (κ3) is 3.77. The number of hydrogen-bond donors (Lipinski definition) is 1. The molecule has 8 heteroatoms. The lowest BCUT2D eigenvalue weighted by atomic mass is 10.0. The highest BCUT2D eigenvalue weighted by Gasteiger charge is 2.57. The molecule has 0 unspecified atom stereocenters. The maximum atomic E-state index is 14.3. The van der Waals surface area contributed by atoms with Gasteiger partial charge >= 0.3 is 17.9 Å². The molecule has 1 fully saturated rings. The van der Waals surface area contributed by atoms with Gasteiger partial charge in [0.1, 0.15) is 6.10 Å². The number of hydrogen-bond acceptors (Lipinski definition) is 5. The van der Waals surface area contributed by atoms with Crippen molar-refractivity contribution in [3.8, 4) is 0 Å². The van der Waals surface area contributed by atoms with E-state index in [4.69, 9.17) is 19.3 Å². The summed E-state index contributed by atoms with van der Waals surface area (Å²) in [6, 6.07) is 11.6. The second-order valence-corrected chi connectivity index (χ2v) is 6.65. The average Bonchev–Trinajstić information content (AvgIpc) is 2.98. The van der Waals surface area contributed by atoms with Crippen LogP contribution in [0.2, 0.25) is 0 Å². The number of alkyl halides is 2. The summed E-state index contributed by atoms with van der Waals surface area (Å²) in [7, 11) is 0. The van der Waals surface area contributed by atoms with Gasteiger partial charge in [0.15, 0.2) is 5.79 Å². The summed E-state index contributed by atoms with van der Waals surface area (Å²) < 4.78 is 44.1. The van der Waals surface area contributed by atoms with Gasteiger partial charge in [0.25, 0.3) is 0 Å². The number of fused-ring (bicyclic) bond motifs is 1. The monoisotopic (exact) mass is 380 g/mol. The maximum absolute atomic E-state index is 14.3. The average molecular weight is 380 g/mol. The molecule has 0 amide bonds. The molecule has 1 aliphatic rings. The predicted molar refractivity (Wildman–Crippen MR) is 90.6 cm³/mol. The molecule has 0 radical (unpaired) electrons. The van der Waals surface area contributed by atoms with Gasteiger partial charge in [-0.2, -0.15) is 8.78 Å². The van der Waals surface area contributed by atoms with Gasteiger partial charge < -0.3 is 19.3 Å². The van der Waals surface area contributed by atoms with Gasteiger partial charge in [-0.1, -0.05) is 36.4 Å². The molecule has 1 heterocycles. The van der Waals surface area contributed by atoms with Crippen LogP contribution >= 0.6 is 0 Å². The zero-order valence-electron chi connectivity index (χ0n) is 14.6. The van der Waals surface area contributed by atoms with E-state index in [1.807, 2.05) is 0 Å². The molecule has 0 aromatic heterocycles. The van der Waals surface area contributed by atoms with E-state index in [-0.39, 0.29) is 12.2 Å². The van der Waals surface area contributed by atoms with Crippen molar-refractivity contribution in [2.24, 2.45) is 0 Å². The smallest absolute Gasteiger partial charge is 0.381 e. The van der Waals surface area contributed by atoms with Crippen LogP contribution in [0.3, 0.4) is 0 Å². The lowest BCUT2D eigenvalue weighted by Gasteiger charge is -2.28. The Balaban J connectivity index is 1.94. The first-order valence-electron chi connectivity index (χ1n) is 8.23. The second-order valence-electron chi connectivity index (χ2n) is 6.65. The van der Waals surface area contributed by atoms with Crippen LogP contribution in [0.25, 0.3) is 10.8 Å². The van der Waals surface area contributed by atoms with E-state index in [2.05, 4.69) is 0 Å². The number of esters is 1. The Morgan fingerprint density at radius 1 is 1.22 bits per heavy atom. The lowest BCUT2D eigenvalue weighted by Crippen LogP contribution is -2.52. The molecule has 144 valence electrons. The summed E-state index contributed by atoms with van der Waals surface area (Å²) in [6.45, 7) is 2.66. The van der Waals surface area contributed by atoms with Gasteiger partial charge in [-0.3, -0.25) is 0 Å². The van der Waals surface area contributed by atoms with Gasteiger partial charge in [-0.25, -0.2) is 9.59 Å². The zero-order valence-corrected chi connectivity index (χ0v) is 14.6. The standard InChI is InChI=1S/C19H18F2O6/c1-18(2)25-10-14(27-18)15(19(20,21)17(23)24)26-16(22)13-9-5-7-11-6-3-4-8-12(11)13/h3-9,14-15H,10H2,1-2H3,(H,23,24)/t14-,15-/m1/s1. The van der Waals surface area contributed by atoms with Gasteiger partial charge in [0, 0.05) is 0 Å². The number of ether oxygens (including phenoxy) is 3. The van der Waals surface area contributed by atoms with E-state index in [0.717, 1.165) is 5.39 Å². The highest BCUT2D eigenvalue weighted by molar-refractivity contribution is 6.04. The molecular weight excluding hydrogens is 362 g/mol. The van der Waals surface area contributed by atoms with Gasteiger partial charge in [0.05, 0.1) is 12.2 Å². The van der Waals surface area contributed by atoms with Crippen LogP contribution in [0.4, 0.5) is 8.78 Å². The first-order valence-corrected chi connectivity index (χ1v) is 8.23. The molecule has 3 rings (SSSR count). The Morgan fingerprint density at radius 3 is 2.52 bits per heavy atom. The van der Waals surface area contributed by atoms with Crippen molar-refractivity contribution < 1.29 is 37.7 Å². The summed E-state index contributed by atoms with van der Waals surface area (Å²) in [4.78, 5) is 23.7. The molecule has 0 spiro atoms. The molecular formula is C19H18F2O6. The number of rotatable bonds is 5. The largest absolute Gasteiger partial charge is 0.477 e. The summed E-state index contributed by atoms with van der Waals surface area (Å²) in [5.74, 6) is -9.02. The van der Waals surface area contributed by atoms with Gasteiger partial charge in [0.2, 0.25) is 6.10 Å². The Morgan fingerprint density at radius 2 is 1.89 bits per heavy atom. The van der Waals surface area contributed by atoms with Crippen LogP contribution < -0.4 is 0 Å². The molecule has 2 atom stereocenters. The van der Waals surface area contributed by atoms with Crippen LogP contribution in [0.5, 0.6) is 0 Å². The number of benzene rings is 2. The lowest BCUT2D eigenvalue weighted by molar-refractivity contribution is -0.206. The normalized spacial score (nSPS) is 20.4. The van der Waals surface area contributed by atoms with E-state index < -0.39 is 35.9 Å².